The van der Waals surface area contributed by atoms with Gasteiger partial charge in [-0.05, 0) is 18.6 Å². The number of nitro groups is 1. The molecule has 1 aromatic rings. The fourth-order valence-corrected chi connectivity index (χ4v) is 1.32. The Hall–Kier alpha value is -2.99. The number of carbonyl (C=O) groups is 1. The summed E-state index contributed by atoms with van der Waals surface area (Å²) >= 11 is 0. The summed E-state index contributed by atoms with van der Waals surface area (Å²) in [7, 11) is 0. The first-order chi connectivity index (χ1) is 9.95. The molecule has 0 heterocycles. The molecule has 0 amide bonds. The van der Waals surface area contributed by atoms with Crippen molar-refractivity contribution >= 4 is 11.8 Å². The maximum absolute atomic E-state index is 11.4. The van der Waals surface area contributed by atoms with Gasteiger partial charge in [-0.25, -0.2) is 4.79 Å². The van der Waals surface area contributed by atoms with Gasteiger partial charge in [-0.1, -0.05) is 29.6 Å². The van der Waals surface area contributed by atoms with Crippen molar-refractivity contribution in [3.63, 3.8) is 0 Å². The van der Waals surface area contributed by atoms with Crippen molar-refractivity contribution in [3.05, 3.63) is 57.6 Å². The number of para-hydroxylation sites is 1. The Morgan fingerprint density at radius 2 is 2.14 bits per heavy atom. The van der Waals surface area contributed by atoms with Crippen molar-refractivity contribution in [2.75, 3.05) is 6.61 Å². The fraction of sp³-hybridized carbons (Fsp3) is 0.231. The van der Waals surface area contributed by atoms with E-state index in [1.54, 1.807) is 31.2 Å². The van der Waals surface area contributed by atoms with Crippen molar-refractivity contribution in [2.45, 2.75) is 13.5 Å². The third-order valence-corrected chi connectivity index (χ3v) is 2.26. The molecule has 110 valence electrons. The molecule has 0 aliphatic carbocycles. The van der Waals surface area contributed by atoms with Crippen LogP contribution in [0.3, 0.4) is 0 Å². The highest BCUT2D eigenvalue weighted by Crippen LogP contribution is 2.19. The molecule has 0 bridgehead atoms. The van der Waals surface area contributed by atoms with E-state index in [1.807, 2.05) is 0 Å². The minimum atomic E-state index is -1.34. The lowest BCUT2D eigenvalue weighted by atomic mass is 10.2. The van der Waals surface area contributed by atoms with Crippen LogP contribution < -0.4 is 4.74 Å². The van der Waals surface area contributed by atoms with E-state index in [2.05, 4.69) is 11.4 Å². The Balaban J connectivity index is 2.75. The summed E-state index contributed by atoms with van der Waals surface area (Å²) < 4.78 is 10.2. The molecular weight excluding hydrogens is 278 g/mol. The third-order valence-electron chi connectivity index (χ3n) is 2.26. The van der Waals surface area contributed by atoms with E-state index in [4.69, 9.17) is 15.0 Å². The number of benzene rings is 1. The van der Waals surface area contributed by atoms with Gasteiger partial charge in [-0.3, -0.25) is 10.1 Å². The van der Waals surface area contributed by atoms with E-state index in [0.29, 0.717) is 17.9 Å². The number of ether oxygens (including phenoxy) is 2. The van der Waals surface area contributed by atoms with Gasteiger partial charge in [-0.15, -0.1) is 0 Å². The van der Waals surface area contributed by atoms with Crippen molar-refractivity contribution in [1.82, 2.24) is 0 Å². The zero-order chi connectivity index (χ0) is 15.8. The van der Waals surface area contributed by atoms with Crippen molar-refractivity contribution in [1.29, 1.82) is 0 Å². The van der Waals surface area contributed by atoms with E-state index in [1.165, 1.54) is 0 Å². The number of hydrogen-bond donors (Lipinski definition) is 0. The highest BCUT2D eigenvalue weighted by molar-refractivity contribution is 6.28. The summed E-state index contributed by atoms with van der Waals surface area (Å²) in [5, 5.41) is 10.4. The van der Waals surface area contributed by atoms with Gasteiger partial charge in [0.25, 0.3) is 0 Å². The lowest BCUT2D eigenvalue weighted by molar-refractivity contribution is -0.383. The second-order valence-corrected chi connectivity index (χ2v) is 4.11. The number of amidine groups is 1. The summed E-state index contributed by atoms with van der Waals surface area (Å²) in [4.78, 5) is 22.9. The second kappa shape index (κ2) is 7.56. The lowest BCUT2D eigenvalue weighted by Crippen LogP contribution is -2.26. The quantitative estimate of drug-likeness (QED) is 0.119. The Morgan fingerprint density at radius 1 is 1.48 bits per heavy atom. The maximum atomic E-state index is 11.4. The van der Waals surface area contributed by atoms with Gasteiger partial charge in [0.1, 0.15) is 19.0 Å². The topological polar surface area (TPSA) is 115 Å². The number of nitrogens with zero attached hydrogens (tertiary/aromatic N) is 3. The molecule has 0 fully saturated rings. The van der Waals surface area contributed by atoms with E-state index >= 15 is 0 Å². The monoisotopic (exact) mass is 291 g/mol. The molecule has 0 aliphatic heterocycles. The fourth-order valence-electron chi connectivity index (χ4n) is 1.32. The standard InChI is InChI=1S/C13H13N3O5/c1-9(2)7-20-11-6-4-3-5-10(11)8-21-13(17)12(15-14)16(18)19/h3-6H,1,7-8H2,2H3. The van der Waals surface area contributed by atoms with Crippen LogP contribution in [-0.2, 0) is 16.1 Å². The van der Waals surface area contributed by atoms with E-state index in [-0.39, 0.29) is 6.61 Å². The van der Waals surface area contributed by atoms with Gasteiger partial charge in [-0.2, -0.15) is 0 Å². The molecule has 0 atom stereocenters. The Kier molecular flexibility index (Phi) is 5.79. The van der Waals surface area contributed by atoms with Crippen LogP contribution >= 0.6 is 0 Å². The molecule has 0 spiro atoms. The maximum Gasteiger partial charge on any atom is 0.690 e. The summed E-state index contributed by atoms with van der Waals surface area (Å²) in [5.41, 5.74) is 9.71. The average Bonchev–Trinajstić information content (AvgIpc) is 2.44. The summed E-state index contributed by atoms with van der Waals surface area (Å²) in [6.07, 6.45) is 0. The van der Waals surface area contributed by atoms with Crippen molar-refractivity contribution in [3.8, 4) is 5.75 Å². The largest absolute Gasteiger partial charge is 0.690 e. The number of esters is 1. The predicted molar refractivity (Wildman–Crippen MR) is 72.2 cm³/mol. The minimum Gasteiger partial charge on any atom is -0.489 e. The highest BCUT2D eigenvalue weighted by Gasteiger charge is 2.36. The molecule has 0 N–H and O–H groups in total. The van der Waals surface area contributed by atoms with Crippen molar-refractivity contribution in [2.24, 2.45) is 0 Å². The molecule has 0 radical (unpaired) electrons. The van der Waals surface area contributed by atoms with E-state index in [0.717, 1.165) is 5.57 Å². The zero-order valence-corrected chi connectivity index (χ0v) is 11.3. The molecule has 8 heteroatoms. The molecule has 0 aromatic heterocycles. The molecule has 0 saturated heterocycles. The van der Waals surface area contributed by atoms with Gasteiger partial charge in [0.05, 0.1) is 0 Å². The molecule has 0 saturated carbocycles. The van der Waals surface area contributed by atoms with Crippen LogP contribution in [0.2, 0.25) is 0 Å². The van der Waals surface area contributed by atoms with Crippen LogP contribution in [0.25, 0.3) is 5.53 Å². The summed E-state index contributed by atoms with van der Waals surface area (Å²) in [5.74, 6) is -2.15. The molecule has 1 rings (SSSR count). The van der Waals surface area contributed by atoms with Gasteiger partial charge in [0.15, 0.2) is 4.92 Å². The van der Waals surface area contributed by atoms with Gasteiger partial charge in [0, 0.05) is 5.56 Å². The van der Waals surface area contributed by atoms with E-state index < -0.39 is 16.7 Å². The first kappa shape index (κ1) is 16.1. The van der Waals surface area contributed by atoms with Crippen LogP contribution in [-0.4, -0.2) is 28.1 Å². The van der Waals surface area contributed by atoms with Gasteiger partial charge in [0.2, 0.25) is 0 Å². The zero-order valence-electron chi connectivity index (χ0n) is 11.3. The smallest absolute Gasteiger partial charge is 0.489 e. The molecule has 0 aliphatic rings. The minimum absolute atomic E-state index is 0.252. The number of hydrogen-bond acceptors (Lipinski definition) is 5. The van der Waals surface area contributed by atoms with Crippen LogP contribution in [0.4, 0.5) is 0 Å². The van der Waals surface area contributed by atoms with Crippen LogP contribution in [0.1, 0.15) is 12.5 Å². The van der Waals surface area contributed by atoms with Crippen LogP contribution in [0.15, 0.2) is 36.4 Å². The van der Waals surface area contributed by atoms with Crippen LogP contribution in [0.5, 0.6) is 5.75 Å². The van der Waals surface area contributed by atoms with Gasteiger partial charge < -0.3 is 15.0 Å². The number of rotatable bonds is 5. The summed E-state index contributed by atoms with van der Waals surface area (Å²) in [6.45, 7) is 5.54. The molecule has 8 nitrogen and oxygen atoms in total. The SMILES string of the molecule is C=C(C)COc1ccccc1COC(=O)C(=[N+]=[N-])[N+](=O)[O-]. The highest BCUT2D eigenvalue weighted by atomic mass is 16.6. The second-order valence-electron chi connectivity index (χ2n) is 4.11. The normalized spacial score (nSPS) is 9.38. The Morgan fingerprint density at radius 3 is 2.71 bits per heavy atom. The molecule has 0 unspecified atom stereocenters. The Bertz CT molecular complexity index is 620. The van der Waals surface area contributed by atoms with E-state index in [9.17, 15) is 14.9 Å². The molecular formula is C13H13N3O5. The van der Waals surface area contributed by atoms with Gasteiger partial charge >= 0.3 is 11.8 Å². The third kappa shape index (κ3) is 4.88. The Labute approximate surface area is 120 Å². The first-order valence-electron chi connectivity index (χ1n) is 5.84. The molecule has 1 aromatic carbocycles. The average molecular weight is 291 g/mol. The predicted octanol–water partition coefficient (Wildman–Crippen LogP) is 1.59. The van der Waals surface area contributed by atoms with Crippen LogP contribution in [0, 0.1) is 10.1 Å². The summed E-state index contributed by atoms with van der Waals surface area (Å²) in [6, 6.07) is 6.74. The van der Waals surface area contributed by atoms with Crippen molar-refractivity contribution < 1.29 is 24.0 Å². The molecule has 21 heavy (non-hydrogen) atoms. The lowest BCUT2D eigenvalue weighted by Gasteiger charge is -2.10. The number of carbonyl (C=O) groups excluding carboxylic acids is 1. The first-order valence-corrected chi connectivity index (χ1v) is 5.84.